The highest BCUT2D eigenvalue weighted by Gasteiger charge is 2.07. The van der Waals surface area contributed by atoms with Gasteiger partial charge in [0.05, 0.1) is 6.54 Å². The quantitative estimate of drug-likeness (QED) is 0.773. The first-order valence-electron chi connectivity index (χ1n) is 5.56. The van der Waals surface area contributed by atoms with Crippen molar-refractivity contribution in [2.24, 2.45) is 0 Å². The number of aromatic nitrogens is 3. The SMILES string of the molecule is O=C(O)CC(=O)Nc1cccc(Cn2cncn2)c1. The third-order valence-corrected chi connectivity index (χ3v) is 2.33. The van der Waals surface area contributed by atoms with Gasteiger partial charge < -0.3 is 10.4 Å². The Balaban J connectivity index is 2.02. The van der Waals surface area contributed by atoms with Crippen molar-refractivity contribution in [2.45, 2.75) is 13.0 Å². The number of amides is 1. The molecule has 2 rings (SSSR count). The molecule has 2 aromatic rings. The Hall–Kier alpha value is -2.70. The number of hydrogen-bond acceptors (Lipinski definition) is 4. The molecule has 1 heterocycles. The molecule has 7 nitrogen and oxygen atoms in total. The summed E-state index contributed by atoms with van der Waals surface area (Å²) >= 11 is 0. The number of benzene rings is 1. The fourth-order valence-corrected chi connectivity index (χ4v) is 1.59. The molecule has 98 valence electrons. The fourth-order valence-electron chi connectivity index (χ4n) is 1.59. The second-order valence-corrected chi connectivity index (χ2v) is 3.91. The number of nitrogens with zero attached hydrogens (tertiary/aromatic N) is 3. The monoisotopic (exact) mass is 260 g/mol. The van der Waals surface area contributed by atoms with Gasteiger partial charge in [-0.1, -0.05) is 12.1 Å². The maximum Gasteiger partial charge on any atom is 0.312 e. The molecule has 0 bridgehead atoms. The van der Waals surface area contributed by atoms with Crippen LogP contribution in [0.25, 0.3) is 0 Å². The molecule has 2 N–H and O–H groups in total. The van der Waals surface area contributed by atoms with Crippen molar-refractivity contribution in [1.29, 1.82) is 0 Å². The third-order valence-electron chi connectivity index (χ3n) is 2.33. The smallest absolute Gasteiger partial charge is 0.312 e. The zero-order chi connectivity index (χ0) is 13.7. The summed E-state index contributed by atoms with van der Waals surface area (Å²) in [5.41, 5.74) is 1.49. The lowest BCUT2D eigenvalue weighted by molar-refractivity contribution is -0.139. The van der Waals surface area contributed by atoms with Crippen molar-refractivity contribution >= 4 is 17.6 Å². The predicted molar refractivity (Wildman–Crippen MR) is 66.4 cm³/mol. The first kappa shape index (κ1) is 12.7. The molecule has 0 saturated heterocycles. The normalized spacial score (nSPS) is 10.1. The minimum absolute atomic E-state index is 0.530. The van der Waals surface area contributed by atoms with Crippen LogP contribution in [0.1, 0.15) is 12.0 Å². The largest absolute Gasteiger partial charge is 0.481 e. The molecular weight excluding hydrogens is 248 g/mol. The van der Waals surface area contributed by atoms with Gasteiger partial charge in [-0.05, 0) is 17.7 Å². The highest BCUT2D eigenvalue weighted by molar-refractivity contribution is 6.01. The van der Waals surface area contributed by atoms with Crippen LogP contribution in [0.4, 0.5) is 5.69 Å². The van der Waals surface area contributed by atoms with Crippen LogP contribution >= 0.6 is 0 Å². The number of carbonyl (C=O) groups is 2. The lowest BCUT2D eigenvalue weighted by Gasteiger charge is -2.06. The highest BCUT2D eigenvalue weighted by atomic mass is 16.4. The second-order valence-electron chi connectivity index (χ2n) is 3.91. The van der Waals surface area contributed by atoms with Crippen LogP contribution in [0, 0.1) is 0 Å². The summed E-state index contributed by atoms with van der Waals surface area (Å²) in [5, 5.41) is 15.0. The number of carboxylic acids is 1. The maximum atomic E-state index is 11.3. The zero-order valence-electron chi connectivity index (χ0n) is 9.98. The van der Waals surface area contributed by atoms with Gasteiger partial charge >= 0.3 is 5.97 Å². The van der Waals surface area contributed by atoms with Gasteiger partial charge in [-0.3, -0.25) is 9.59 Å². The van der Waals surface area contributed by atoms with Gasteiger partial charge in [0.1, 0.15) is 19.1 Å². The van der Waals surface area contributed by atoms with Crippen LogP contribution in [-0.2, 0) is 16.1 Å². The van der Waals surface area contributed by atoms with E-state index in [1.54, 1.807) is 29.2 Å². The molecule has 1 aromatic carbocycles. The van der Waals surface area contributed by atoms with E-state index in [-0.39, 0.29) is 0 Å². The van der Waals surface area contributed by atoms with E-state index in [1.807, 2.05) is 6.07 Å². The van der Waals surface area contributed by atoms with E-state index in [0.29, 0.717) is 12.2 Å². The van der Waals surface area contributed by atoms with Gasteiger partial charge in [-0.15, -0.1) is 0 Å². The van der Waals surface area contributed by atoms with Crippen molar-refractivity contribution < 1.29 is 14.7 Å². The molecule has 0 aliphatic carbocycles. The minimum atomic E-state index is -1.16. The van der Waals surface area contributed by atoms with Crippen molar-refractivity contribution in [3.63, 3.8) is 0 Å². The lowest BCUT2D eigenvalue weighted by Crippen LogP contribution is -2.16. The summed E-state index contributed by atoms with van der Waals surface area (Å²) in [7, 11) is 0. The van der Waals surface area contributed by atoms with Crippen molar-refractivity contribution in [3.8, 4) is 0 Å². The Bertz CT molecular complexity index is 580. The van der Waals surface area contributed by atoms with E-state index in [4.69, 9.17) is 5.11 Å². The molecule has 0 unspecified atom stereocenters. The van der Waals surface area contributed by atoms with Crippen LogP contribution in [-0.4, -0.2) is 31.7 Å². The summed E-state index contributed by atoms with van der Waals surface area (Å²) in [6, 6.07) is 7.13. The molecule has 0 aliphatic heterocycles. The van der Waals surface area contributed by atoms with Gasteiger partial charge in [0, 0.05) is 5.69 Å². The van der Waals surface area contributed by atoms with Crippen LogP contribution < -0.4 is 5.32 Å². The Morgan fingerprint density at radius 3 is 2.89 bits per heavy atom. The summed E-state index contributed by atoms with van der Waals surface area (Å²) in [5.74, 6) is -1.71. The molecule has 19 heavy (non-hydrogen) atoms. The van der Waals surface area contributed by atoms with Crippen molar-refractivity contribution in [1.82, 2.24) is 14.8 Å². The van der Waals surface area contributed by atoms with E-state index in [0.717, 1.165) is 5.56 Å². The van der Waals surface area contributed by atoms with Gasteiger partial charge in [-0.25, -0.2) is 9.67 Å². The topological polar surface area (TPSA) is 97.1 Å². The Morgan fingerprint density at radius 1 is 1.37 bits per heavy atom. The van der Waals surface area contributed by atoms with E-state index in [9.17, 15) is 9.59 Å². The van der Waals surface area contributed by atoms with Gasteiger partial charge in [-0.2, -0.15) is 5.10 Å². The highest BCUT2D eigenvalue weighted by Crippen LogP contribution is 2.11. The number of hydrogen-bond donors (Lipinski definition) is 2. The van der Waals surface area contributed by atoms with Crippen molar-refractivity contribution in [2.75, 3.05) is 5.32 Å². The average molecular weight is 260 g/mol. The molecule has 1 amide bonds. The Labute approximate surface area is 108 Å². The Morgan fingerprint density at radius 2 is 2.21 bits per heavy atom. The number of nitrogens with one attached hydrogen (secondary N) is 1. The van der Waals surface area contributed by atoms with Crippen LogP contribution in [0.5, 0.6) is 0 Å². The number of rotatable bonds is 5. The minimum Gasteiger partial charge on any atom is -0.481 e. The molecule has 0 fully saturated rings. The summed E-state index contributed by atoms with van der Waals surface area (Å²) in [6.45, 7) is 0.530. The van der Waals surface area contributed by atoms with Gasteiger partial charge in [0.2, 0.25) is 5.91 Å². The zero-order valence-corrected chi connectivity index (χ0v) is 9.98. The van der Waals surface area contributed by atoms with Crippen LogP contribution in [0.2, 0.25) is 0 Å². The first-order valence-corrected chi connectivity index (χ1v) is 5.56. The van der Waals surface area contributed by atoms with Gasteiger partial charge in [0.25, 0.3) is 0 Å². The second kappa shape index (κ2) is 5.76. The Kier molecular flexibility index (Phi) is 3.87. The maximum absolute atomic E-state index is 11.3. The van der Waals surface area contributed by atoms with Gasteiger partial charge in [0.15, 0.2) is 0 Å². The number of carbonyl (C=O) groups excluding carboxylic acids is 1. The first-order chi connectivity index (χ1) is 9.13. The fraction of sp³-hybridized carbons (Fsp3) is 0.167. The molecule has 0 atom stereocenters. The lowest BCUT2D eigenvalue weighted by atomic mass is 10.2. The third kappa shape index (κ3) is 3.91. The summed E-state index contributed by atoms with van der Waals surface area (Å²) < 4.78 is 1.65. The predicted octanol–water partition coefficient (Wildman–Crippen LogP) is 0.740. The summed E-state index contributed by atoms with van der Waals surface area (Å²) in [4.78, 5) is 25.6. The van der Waals surface area contributed by atoms with Crippen molar-refractivity contribution in [3.05, 3.63) is 42.5 Å². The standard InChI is InChI=1S/C12H12N4O3/c17-11(5-12(18)19)15-10-3-1-2-9(4-10)6-16-8-13-7-14-16/h1-4,7-8H,5-6H2,(H,15,17)(H,18,19). The molecule has 0 spiro atoms. The molecule has 0 radical (unpaired) electrons. The van der Waals surface area contributed by atoms with E-state index in [2.05, 4.69) is 15.4 Å². The number of carboxylic acid groups (broad SMARTS) is 1. The summed E-state index contributed by atoms with van der Waals surface area (Å²) in [6.07, 6.45) is 2.49. The number of aliphatic carboxylic acids is 1. The van der Waals surface area contributed by atoms with E-state index >= 15 is 0 Å². The van der Waals surface area contributed by atoms with Crippen LogP contribution in [0.3, 0.4) is 0 Å². The number of anilines is 1. The molecule has 0 aliphatic rings. The van der Waals surface area contributed by atoms with E-state index < -0.39 is 18.3 Å². The van der Waals surface area contributed by atoms with E-state index in [1.165, 1.54) is 6.33 Å². The van der Waals surface area contributed by atoms with Crippen LogP contribution in [0.15, 0.2) is 36.9 Å². The molecule has 7 heteroatoms. The molecule has 0 saturated carbocycles. The molecule has 1 aromatic heterocycles. The molecular formula is C12H12N4O3. The average Bonchev–Trinajstić information content (AvgIpc) is 2.81.